The predicted octanol–water partition coefficient (Wildman–Crippen LogP) is 3.66. The molecule has 0 aromatic heterocycles. The molecule has 0 N–H and O–H groups in total. The number of benzene rings is 1. The van der Waals surface area contributed by atoms with Crippen LogP contribution in [0, 0.1) is 17.7 Å². The van der Waals surface area contributed by atoms with Crippen LogP contribution in [0.2, 0.25) is 0 Å². The van der Waals surface area contributed by atoms with E-state index < -0.39 is 0 Å². The molecule has 1 aromatic rings. The Bertz CT molecular complexity index is 370. The molecule has 0 aliphatic carbocycles. The summed E-state index contributed by atoms with van der Waals surface area (Å²) in [6.45, 7) is 6.32. The third-order valence-corrected chi connectivity index (χ3v) is 3.80. The first-order valence-electron chi connectivity index (χ1n) is 5.71. The van der Waals surface area contributed by atoms with Gasteiger partial charge in [-0.05, 0) is 29.5 Å². The van der Waals surface area contributed by atoms with Gasteiger partial charge in [0.2, 0.25) is 0 Å². The Morgan fingerprint density at radius 1 is 1.31 bits per heavy atom. The van der Waals surface area contributed by atoms with Gasteiger partial charge in [0, 0.05) is 19.0 Å². The van der Waals surface area contributed by atoms with E-state index in [0.29, 0.717) is 23.4 Å². The van der Waals surface area contributed by atoms with E-state index in [4.69, 9.17) is 11.6 Å². The normalized spacial score (nSPS) is 25.1. The monoisotopic (exact) mass is 241 g/mol. The molecule has 1 nitrogen and oxygen atoms in total. The smallest absolute Gasteiger partial charge is 0.146 e. The molecule has 1 aliphatic rings. The van der Waals surface area contributed by atoms with Crippen molar-refractivity contribution >= 4 is 17.3 Å². The Morgan fingerprint density at radius 3 is 2.44 bits per heavy atom. The molecule has 2 atom stereocenters. The maximum absolute atomic E-state index is 13.8. The molecular formula is C13H17ClFN. The highest BCUT2D eigenvalue weighted by Crippen LogP contribution is 2.30. The second-order valence-electron chi connectivity index (χ2n) is 4.78. The highest BCUT2D eigenvalue weighted by Gasteiger charge is 2.27. The van der Waals surface area contributed by atoms with Crippen molar-refractivity contribution in [3.63, 3.8) is 0 Å². The number of halogens is 2. The zero-order valence-corrected chi connectivity index (χ0v) is 10.5. The van der Waals surface area contributed by atoms with Crippen molar-refractivity contribution in [2.45, 2.75) is 19.7 Å². The van der Waals surface area contributed by atoms with Crippen molar-refractivity contribution in [1.82, 2.24) is 0 Å². The van der Waals surface area contributed by atoms with Gasteiger partial charge in [-0.15, -0.1) is 11.6 Å². The highest BCUT2D eigenvalue weighted by atomic mass is 35.5. The standard InChI is InChI=1S/C13H17ClFN/c1-9-7-16(8-10(9)2)13-4-3-11(6-14)5-12(13)15/h3-5,9-10H,6-8H2,1-2H3. The highest BCUT2D eigenvalue weighted by molar-refractivity contribution is 6.17. The number of hydrogen-bond acceptors (Lipinski definition) is 1. The lowest BCUT2D eigenvalue weighted by molar-refractivity contribution is 0.494. The minimum absolute atomic E-state index is 0.153. The molecule has 2 rings (SSSR count). The molecule has 0 spiro atoms. The van der Waals surface area contributed by atoms with Crippen LogP contribution in [0.5, 0.6) is 0 Å². The minimum atomic E-state index is -0.153. The largest absolute Gasteiger partial charge is 0.369 e. The van der Waals surface area contributed by atoms with Gasteiger partial charge in [0.25, 0.3) is 0 Å². The summed E-state index contributed by atoms with van der Waals surface area (Å²) in [6.07, 6.45) is 0. The summed E-state index contributed by atoms with van der Waals surface area (Å²) in [4.78, 5) is 2.13. The van der Waals surface area contributed by atoms with Crippen LogP contribution in [0.25, 0.3) is 0 Å². The van der Waals surface area contributed by atoms with E-state index in [0.717, 1.165) is 18.7 Å². The Morgan fingerprint density at radius 2 is 1.94 bits per heavy atom. The second kappa shape index (κ2) is 4.62. The molecular weight excluding hydrogens is 225 g/mol. The topological polar surface area (TPSA) is 3.24 Å². The van der Waals surface area contributed by atoms with Crippen LogP contribution < -0.4 is 4.90 Å². The first kappa shape index (κ1) is 11.7. The number of anilines is 1. The molecule has 1 fully saturated rings. The van der Waals surface area contributed by atoms with Crippen LogP contribution in [0.15, 0.2) is 18.2 Å². The lowest BCUT2D eigenvalue weighted by Crippen LogP contribution is -2.20. The van der Waals surface area contributed by atoms with Crippen molar-refractivity contribution < 1.29 is 4.39 Å². The van der Waals surface area contributed by atoms with Crippen LogP contribution >= 0.6 is 11.6 Å². The van der Waals surface area contributed by atoms with Crippen LogP contribution in [0.1, 0.15) is 19.4 Å². The van der Waals surface area contributed by atoms with Crippen molar-refractivity contribution in [3.8, 4) is 0 Å². The fourth-order valence-electron chi connectivity index (χ4n) is 2.22. The van der Waals surface area contributed by atoms with E-state index in [9.17, 15) is 4.39 Å². The summed E-state index contributed by atoms with van der Waals surface area (Å²) in [5.74, 6) is 1.47. The van der Waals surface area contributed by atoms with Crippen molar-refractivity contribution in [2.24, 2.45) is 11.8 Å². The van der Waals surface area contributed by atoms with Crippen LogP contribution in [0.4, 0.5) is 10.1 Å². The summed E-state index contributed by atoms with van der Waals surface area (Å²) in [5, 5.41) is 0. The molecule has 2 unspecified atom stereocenters. The van der Waals surface area contributed by atoms with Gasteiger partial charge >= 0.3 is 0 Å². The molecule has 16 heavy (non-hydrogen) atoms. The quantitative estimate of drug-likeness (QED) is 0.715. The Labute approximate surface area is 101 Å². The molecule has 3 heteroatoms. The lowest BCUT2D eigenvalue weighted by Gasteiger charge is -2.19. The average molecular weight is 242 g/mol. The number of alkyl halides is 1. The molecule has 0 radical (unpaired) electrons. The van der Waals surface area contributed by atoms with E-state index in [1.165, 1.54) is 6.07 Å². The lowest BCUT2D eigenvalue weighted by atomic mass is 10.0. The molecule has 1 heterocycles. The summed E-state index contributed by atoms with van der Waals surface area (Å²) in [5.41, 5.74) is 1.55. The van der Waals surface area contributed by atoms with E-state index >= 15 is 0 Å². The third-order valence-electron chi connectivity index (χ3n) is 3.50. The van der Waals surface area contributed by atoms with Gasteiger partial charge in [0.15, 0.2) is 0 Å². The number of nitrogens with zero attached hydrogens (tertiary/aromatic N) is 1. The zero-order chi connectivity index (χ0) is 11.7. The SMILES string of the molecule is CC1CN(c2ccc(CCl)cc2F)CC1C. The molecule has 0 bridgehead atoms. The maximum atomic E-state index is 13.8. The summed E-state index contributed by atoms with van der Waals surface area (Å²) >= 11 is 5.68. The molecule has 1 saturated heterocycles. The van der Waals surface area contributed by atoms with Crippen molar-refractivity contribution in [2.75, 3.05) is 18.0 Å². The van der Waals surface area contributed by atoms with E-state index in [1.807, 2.05) is 12.1 Å². The number of hydrogen-bond donors (Lipinski definition) is 0. The summed E-state index contributed by atoms with van der Waals surface area (Å²) in [7, 11) is 0. The summed E-state index contributed by atoms with van der Waals surface area (Å²) < 4.78 is 13.8. The van der Waals surface area contributed by atoms with Gasteiger partial charge in [-0.1, -0.05) is 19.9 Å². The van der Waals surface area contributed by atoms with Crippen LogP contribution in [0.3, 0.4) is 0 Å². The molecule has 0 amide bonds. The molecule has 0 saturated carbocycles. The Hall–Kier alpha value is -0.760. The minimum Gasteiger partial charge on any atom is -0.369 e. The van der Waals surface area contributed by atoms with E-state index in [-0.39, 0.29) is 5.82 Å². The average Bonchev–Trinajstić information content (AvgIpc) is 2.58. The van der Waals surface area contributed by atoms with Gasteiger partial charge < -0.3 is 4.90 Å². The van der Waals surface area contributed by atoms with E-state index in [1.54, 1.807) is 0 Å². The fraction of sp³-hybridized carbons (Fsp3) is 0.538. The van der Waals surface area contributed by atoms with Gasteiger partial charge in [-0.2, -0.15) is 0 Å². The van der Waals surface area contributed by atoms with Gasteiger partial charge in [-0.3, -0.25) is 0 Å². The number of rotatable bonds is 2. The summed E-state index contributed by atoms with van der Waals surface area (Å²) in [6, 6.07) is 5.28. The predicted molar refractivity (Wildman–Crippen MR) is 66.5 cm³/mol. The maximum Gasteiger partial charge on any atom is 0.146 e. The molecule has 1 aromatic carbocycles. The van der Waals surface area contributed by atoms with E-state index in [2.05, 4.69) is 18.7 Å². The second-order valence-corrected chi connectivity index (χ2v) is 5.05. The third kappa shape index (κ3) is 2.17. The van der Waals surface area contributed by atoms with Crippen molar-refractivity contribution in [3.05, 3.63) is 29.6 Å². The zero-order valence-electron chi connectivity index (χ0n) is 9.71. The van der Waals surface area contributed by atoms with Crippen LogP contribution in [-0.4, -0.2) is 13.1 Å². The Balaban J connectivity index is 2.22. The van der Waals surface area contributed by atoms with Gasteiger partial charge in [-0.25, -0.2) is 4.39 Å². The Kier molecular flexibility index (Phi) is 3.38. The first-order chi connectivity index (χ1) is 7.61. The fourth-order valence-corrected chi connectivity index (χ4v) is 2.38. The van der Waals surface area contributed by atoms with Crippen molar-refractivity contribution in [1.29, 1.82) is 0 Å². The first-order valence-corrected chi connectivity index (χ1v) is 6.24. The van der Waals surface area contributed by atoms with Gasteiger partial charge in [0.1, 0.15) is 5.82 Å². The van der Waals surface area contributed by atoms with Crippen LogP contribution in [-0.2, 0) is 5.88 Å². The van der Waals surface area contributed by atoms with Gasteiger partial charge in [0.05, 0.1) is 5.69 Å². The molecule has 1 aliphatic heterocycles. The molecule has 88 valence electrons.